The Labute approximate surface area is 64.4 Å². The van der Waals surface area contributed by atoms with E-state index in [0.29, 0.717) is 0 Å². The second kappa shape index (κ2) is 4.19. The summed E-state index contributed by atoms with van der Waals surface area (Å²) in [5.41, 5.74) is 0. The van der Waals surface area contributed by atoms with Crippen molar-refractivity contribution in [2.45, 2.75) is 6.43 Å². The van der Waals surface area contributed by atoms with Crippen molar-refractivity contribution in [3.8, 4) is 5.88 Å². The molecule has 2 nitrogen and oxygen atoms in total. The second-order valence-corrected chi connectivity index (χ2v) is 2.49. The van der Waals surface area contributed by atoms with Crippen molar-refractivity contribution >= 4 is 8.35 Å². The fourth-order valence-corrected chi connectivity index (χ4v) is 0.981. The molecule has 0 aliphatic carbocycles. The third kappa shape index (κ3) is 3.23. The monoisotopic (exact) mass is 177 g/mol. The first-order valence-electron chi connectivity index (χ1n) is 2.97. The number of hydrogen-bond acceptors (Lipinski definition) is 2. The number of halogens is 2. The van der Waals surface area contributed by atoms with E-state index in [-0.39, 0.29) is 5.88 Å². The van der Waals surface area contributed by atoms with E-state index in [4.69, 9.17) is 0 Å². The molecule has 0 atom stereocenters. The Morgan fingerprint density at radius 3 is 3.00 bits per heavy atom. The van der Waals surface area contributed by atoms with Gasteiger partial charge in [-0.15, -0.1) is 0 Å². The van der Waals surface area contributed by atoms with Crippen LogP contribution in [-0.4, -0.2) is 17.8 Å². The van der Waals surface area contributed by atoms with E-state index < -0.39 is 13.0 Å². The molecule has 0 saturated heterocycles. The summed E-state index contributed by atoms with van der Waals surface area (Å²) < 4.78 is 31.6. The second-order valence-electron chi connectivity index (χ2n) is 1.76. The minimum Gasteiger partial charge on any atom is -0.471 e. The molecule has 60 valence electrons. The lowest BCUT2D eigenvalue weighted by Crippen LogP contribution is -2.07. The maximum Gasteiger partial charge on any atom is 0.272 e. The minimum absolute atomic E-state index is 0.273. The average molecular weight is 177 g/mol. The fourth-order valence-electron chi connectivity index (χ4n) is 0.513. The summed E-state index contributed by atoms with van der Waals surface area (Å²) in [5.74, 6) is 2.06. The molecule has 0 fully saturated rings. The van der Waals surface area contributed by atoms with Crippen LogP contribution in [-0.2, 0) is 0 Å². The largest absolute Gasteiger partial charge is 0.471 e. The van der Waals surface area contributed by atoms with Crippen LogP contribution < -0.4 is 4.74 Å². The van der Waals surface area contributed by atoms with E-state index in [1.807, 2.05) is 0 Å². The molecule has 0 radical (unpaired) electrons. The van der Waals surface area contributed by atoms with Gasteiger partial charge in [0.15, 0.2) is 6.61 Å². The lowest BCUT2D eigenvalue weighted by molar-refractivity contribution is 0.0800. The molecule has 1 aromatic heterocycles. The third-order valence-corrected chi connectivity index (χ3v) is 1.52. The zero-order valence-corrected chi connectivity index (χ0v) is 6.47. The minimum atomic E-state index is -2.44. The van der Waals surface area contributed by atoms with Crippen molar-refractivity contribution < 1.29 is 13.5 Å². The molecule has 1 heterocycles. The van der Waals surface area contributed by atoms with Gasteiger partial charge in [-0.1, -0.05) is 6.07 Å². The Hall–Kier alpha value is -0.760. The van der Waals surface area contributed by atoms with E-state index in [9.17, 15) is 8.78 Å². The van der Waals surface area contributed by atoms with E-state index >= 15 is 0 Å². The van der Waals surface area contributed by atoms with Gasteiger partial charge in [-0.3, -0.25) is 0 Å². The van der Waals surface area contributed by atoms with Crippen LogP contribution in [0.1, 0.15) is 0 Å². The molecule has 0 aromatic carbocycles. The van der Waals surface area contributed by atoms with Crippen LogP contribution >= 0.6 is 8.35 Å². The zero-order chi connectivity index (χ0) is 8.10. The van der Waals surface area contributed by atoms with Gasteiger partial charge >= 0.3 is 0 Å². The van der Waals surface area contributed by atoms with Crippen LogP contribution in [0.3, 0.4) is 0 Å². The highest BCUT2D eigenvalue weighted by Crippen LogP contribution is 2.10. The number of ether oxygens (including phenoxy) is 1. The molecule has 0 aliphatic rings. The van der Waals surface area contributed by atoms with Gasteiger partial charge in [0.25, 0.3) is 6.43 Å². The summed E-state index contributed by atoms with van der Waals surface area (Å²) in [6.07, 6.45) is -2.44. The topological polar surface area (TPSA) is 22.1 Å². The molecule has 0 N–H and O–H groups in total. The van der Waals surface area contributed by atoms with E-state index in [1.165, 1.54) is 0 Å². The van der Waals surface area contributed by atoms with Crippen molar-refractivity contribution in [2.24, 2.45) is 0 Å². The standard InChI is InChI=1S/C6H6F2NOP/c7-5(8)4-10-6-2-1-3-11-9-6/h1-3,5H,4H2. The highest BCUT2D eigenvalue weighted by Gasteiger charge is 2.02. The van der Waals surface area contributed by atoms with Crippen LogP contribution in [0.15, 0.2) is 17.9 Å². The lowest BCUT2D eigenvalue weighted by atomic mass is 10.6. The first-order valence-corrected chi connectivity index (χ1v) is 3.89. The highest BCUT2D eigenvalue weighted by atomic mass is 31.0. The van der Waals surface area contributed by atoms with Crippen LogP contribution in [0.25, 0.3) is 0 Å². The maximum atomic E-state index is 11.6. The van der Waals surface area contributed by atoms with Crippen LogP contribution in [0.4, 0.5) is 8.78 Å². The fraction of sp³-hybridized carbons (Fsp3) is 0.333. The molecule has 0 spiro atoms. The summed E-state index contributed by atoms with van der Waals surface area (Å²) >= 11 is 0. The summed E-state index contributed by atoms with van der Waals surface area (Å²) in [7, 11) is 0.726. The molecule has 11 heavy (non-hydrogen) atoms. The quantitative estimate of drug-likeness (QED) is 0.706. The summed E-state index contributed by atoms with van der Waals surface area (Å²) in [6, 6.07) is 3.27. The average Bonchev–Trinajstić information content (AvgIpc) is 2.03. The number of nitrogens with zero attached hydrogens (tertiary/aromatic N) is 1. The molecule has 0 amide bonds. The molecule has 1 aromatic rings. The molecular weight excluding hydrogens is 171 g/mol. The first-order chi connectivity index (χ1) is 5.29. The van der Waals surface area contributed by atoms with Crippen molar-refractivity contribution in [3.63, 3.8) is 0 Å². The third-order valence-electron chi connectivity index (χ3n) is 0.905. The molecule has 0 saturated carbocycles. The molecule has 5 heteroatoms. The Kier molecular flexibility index (Phi) is 3.17. The van der Waals surface area contributed by atoms with E-state index in [2.05, 4.69) is 9.48 Å². The summed E-state index contributed by atoms with van der Waals surface area (Å²) in [4.78, 5) is 0. The van der Waals surface area contributed by atoms with E-state index in [0.717, 1.165) is 8.35 Å². The number of rotatable bonds is 3. The Morgan fingerprint density at radius 1 is 1.64 bits per heavy atom. The number of aromatic nitrogens is 1. The Balaban J connectivity index is 2.39. The number of alkyl halides is 2. The van der Waals surface area contributed by atoms with Crippen molar-refractivity contribution in [2.75, 3.05) is 6.61 Å². The summed E-state index contributed by atoms with van der Waals surface area (Å²) in [6.45, 7) is -0.585. The van der Waals surface area contributed by atoms with Gasteiger partial charge in [0.05, 0.1) is 0 Å². The summed E-state index contributed by atoms with van der Waals surface area (Å²) in [5, 5.41) is 0. The molecule has 0 aliphatic heterocycles. The molecule has 0 unspecified atom stereocenters. The van der Waals surface area contributed by atoms with Crippen molar-refractivity contribution in [1.29, 1.82) is 0 Å². The van der Waals surface area contributed by atoms with Gasteiger partial charge in [0.1, 0.15) is 0 Å². The molecule has 0 bridgehead atoms. The molecule has 1 rings (SSSR count). The van der Waals surface area contributed by atoms with Gasteiger partial charge < -0.3 is 4.74 Å². The Morgan fingerprint density at radius 2 is 2.45 bits per heavy atom. The Bertz CT molecular complexity index is 207. The predicted molar refractivity (Wildman–Crippen MR) is 38.2 cm³/mol. The number of hydrogen-bond donors (Lipinski definition) is 0. The van der Waals surface area contributed by atoms with Gasteiger partial charge in [-0.25, -0.2) is 8.78 Å². The van der Waals surface area contributed by atoms with Crippen molar-refractivity contribution in [1.82, 2.24) is 4.75 Å². The predicted octanol–water partition coefficient (Wildman–Crippen LogP) is 2.31. The molecular formula is C6H6F2NOP. The van der Waals surface area contributed by atoms with Gasteiger partial charge in [-0.2, -0.15) is 4.75 Å². The van der Waals surface area contributed by atoms with Crippen LogP contribution in [0.2, 0.25) is 0 Å². The first kappa shape index (κ1) is 8.34. The van der Waals surface area contributed by atoms with Gasteiger partial charge in [0.2, 0.25) is 5.88 Å². The SMILES string of the molecule is FC(F)COc1cccpn1. The van der Waals surface area contributed by atoms with Gasteiger partial charge in [0, 0.05) is 14.4 Å². The highest BCUT2D eigenvalue weighted by molar-refractivity contribution is 7.24. The van der Waals surface area contributed by atoms with Crippen LogP contribution in [0.5, 0.6) is 5.88 Å². The van der Waals surface area contributed by atoms with Crippen molar-refractivity contribution in [3.05, 3.63) is 17.9 Å². The normalized spacial score (nSPS) is 10.8. The zero-order valence-electron chi connectivity index (χ0n) is 5.58. The lowest BCUT2D eigenvalue weighted by Gasteiger charge is -2.01. The van der Waals surface area contributed by atoms with E-state index in [1.54, 1.807) is 17.9 Å². The maximum absolute atomic E-state index is 11.6. The van der Waals surface area contributed by atoms with Gasteiger partial charge in [-0.05, 0) is 5.80 Å². The van der Waals surface area contributed by atoms with Crippen LogP contribution in [0, 0.1) is 0 Å². The smallest absolute Gasteiger partial charge is 0.272 e.